The Morgan fingerprint density at radius 1 is 1.03 bits per heavy atom. The van der Waals surface area contributed by atoms with Crippen LogP contribution in [0, 0.1) is 5.82 Å². The second-order valence-corrected chi connectivity index (χ2v) is 7.15. The molecule has 0 spiro atoms. The smallest absolute Gasteiger partial charge is 0.195 e. The maximum atomic E-state index is 14.6. The first-order valence-electron chi connectivity index (χ1n) is 10.2. The Hall–Kier alpha value is -2.27. The van der Waals surface area contributed by atoms with Crippen LogP contribution >= 0.6 is 24.0 Å². The number of nitrogens with one attached hydrogen (secondary N) is 2. The van der Waals surface area contributed by atoms with Crippen molar-refractivity contribution in [3.8, 4) is 11.5 Å². The van der Waals surface area contributed by atoms with Gasteiger partial charge in [0, 0.05) is 44.9 Å². The average Bonchev–Trinajstić information content (AvgIpc) is 3.02. The molecule has 0 unspecified atom stereocenters. The Labute approximate surface area is 199 Å². The average molecular weight is 542 g/mol. The van der Waals surface area contributed by atoms with Crippen LogP contribution in [0.15, 0.2) is 41.4 Å². The van der Waals surface area contributed by atoms with Gasteiger partial charge >= 0.3 is 0 Å². The molecule has 31 heavy (non-hydrogen) atoms. The summed E-state index contributed by atoms with van der Waals surface area (Å²) in [6.45, 7) is 4.42. The highest BCUT2D eigenvalue weighted by molar-refractivity contribution is 14.0. The van der Waals surface area contributed by atoms with E-state index in [9.17, 15) is 4.39 Å². The van der Waals surface area contributed by atoms with Crippen LogP contribution in [-0.2, 0) is 11.3 Å². The van der Waals surface area contributed by atoms with E-state index in [2.05, 4.69) is 15.6 Å². The summed E-state index contributed by atoms with van der Waals surface area (Å²) in [5, 5.41) is 6.45. The van der Waals surface area contributed by atoms with Crippen LogP contribution < -0.4 is 25.0 Å². The normalized spacial score (nSPS) is 16.2. The molecule has 0 aromatic heterocycles. The summed E-state index contributed by atoms with van der Waals surface area (Å²) in [4.78, 5) is 6.26. The largest absolute Gasteiger partial charge is 0.490 e. The van der Waals surface area contributed by atoms with Gasteiger partial charge in [0.05, 0.1) is 32.1 Å². The predicted molar refractivity (Wildman–Crippen MR) is 131 cm³/mol. The van der Waals surface area contributed by atoms with Crippen LogP contribution in [0.3, 0.4) is 0 Å². The summed E-state index contributed by atoms with van der Waals surface area (Å²) < 4.78 is 31.3. The summed E-state index contributed by atoms with van der Waals surface area (Å²) in [5.41, 5.74) is 2.30. The van der Waals surface area contributed by atoms with Crippen LogP contribution in [0.1, 0.15) is 12.0 Å². The van der Waals surface area contributed by atoms with Crippen LogP contribution in [-0.4, -0.2) is 52.5 Å². The summed E-state index contributed by atoms with van der Waals surface area (Å²) >= 11 is 0. The van der Waals surface area contributed by atoms with Crippen LogP contribution in [0.5, 0.6) is 11.5 Å². The van der Waals surface area contributed by atoms with Gasteiger partial charge in [0.25, 0.3) is 0 Å². The molecule has 1 fully saturated rings. The van der Waals surface area contributed by atoms with Crippen molar-refractivity contribution in [1.82, 2.24) is 5.32 Å². The first-order chi connectivity index (χ1) is 14.7. The molecule has 4 rings (SSSR count). The van der Waals surface area contributed by atoms with Gasteiger partial charge in [0.2, 0.25) is 0 Å². The van der Waals surface area contributed by atoms with E-state index in [1.54, 1.807) is 13.1 Å². The first kappa shape index (κ1) is 23.4. The van der Waals surface area contributed by atoms with E-state index in [1.807, 2.05) is 35.2 Å². The topological polar surface area (TPSA) is 67.4 Å². The van der Waals surface area contributed by atoms with Gasteiger partial charge in [-0.3, -0.25) is 4.99 Å². The van der Waals surface area contributed by atoms with Crippen molar-refractivity contribution in [2.75, 3.05) is 56.8 Å². The number of aliphatic imine (C=N–C) groups is 1. The van der Waals surface area contributed by atoms with Crippen molar-refractivity contribution in [3.63, 3.8) is 0 Å². The van der Waals surface area contributed by atoms with E-state index in [1.165, 1.54) is 0 Å². The molecule has 2 aromatic rings. The van der Waals surface area contributed by atoms with Crippen molar-refractivity contribution < 1.29 is 18.6 Å². The maximum absolute atomic E-state index is 14.6. The van der Waals surface area contributed by atoms with Crippen LogP contribution in [0.2, 0.25) is 0 Å². The molecule has 2 aromatic carbocycles. The zero-order valence-electron chi connectivity index (χ0n) is 17.5. The Balaban J connectivity index is 0.00000272. The van der Waals surface area contributed by atoms with E-state index in [-0.39, 0.29) is 29.8 Å². The first-order valence-corrected chi connectivity index (χ1v) is 10.2. The number of nitrogens with zero attached hydrogens (tertiary/aromatic N) is 2. The molecule has 0 amide bonds. The lowest BCUT2D eigenvalue weighted by Crippen LogP contribution is -2.36. The zero-order chi connectivity index (χ0) is 20.8. The molecule has 9 heteroatoms. The monoisotopic (exact) mass is 542 g/mol. The van der Waals surface area contributed by atoms with Gasteiger partial charge in [-0.2, -0.15) is 0 Å². The fourth-order valence-corrected chi connectivity index (χ4v) is 3.46. The van der Waals surface area contributed by atoms with Crippen molar-refractivity contribution >= 4 is 41.3 Å². The van der Waals surface area contributed by atoms with Crippen LogP contribution in [0.4, 0.5) is 15.8 Å². The van der Waals surface area contributed by atoms with Gasteiger partial charge in [0.1, 0.15) is 5.82 Å². The molecular formula is C22H28FIN4O3. The number of hydrogen-bond donors (Lipinski definition) is 2. The number of anilines is 2. The number of guanidine groups is 1. The predicted octanol–water partition coefficient (Wildman–Crippen LogP) is 3.63. The SMILES string of the molecule is CN=C(NCc1ccc(N2CCOCC2)c(F)c1)Nc1ccc2c(c1)OCCCO2.I. The molecule has 2 heterocycles. The number of rotatable bonds is 4. The zero-order valence-corrected chi connectivity index (χ0v) is 19.9. The second-order valence-electron chi connectivity index (χ2n) is 7.15. The molecule has 2 N–H and O–H groups in total. The molecule has 7 nitrogen and oxygen atoms in total. The Morgan fingerprint density at radius 3 is 2.55 bits per heavy atom. The third-order valence-electron chi connectivity index (χ3n) is 5.06. The molecule has 0 atom stereocenters. The Kier molecular flexibility index (Phi) is 8.59. The highest BCUT2D eigenvalue weighted by Gasteiger charge is 2.15. The highest BCUT2D eigenvalue weighted by Crippen LogP contribution is 2.32. The van der Waals surface area contributed by atoms with Crippen molar-refractivity contribution in [2.24, 2.45) is 4.99 Å². The third-order valence-corrected chi connectivity index (χ3v) is 5.06. The molecule has 0 aliphatic carbocycles. The number of morpholine rings is 1. The van der Waals surface area contributed by atoms with E-state index in [0.717, 1.165) is 23.4 Å². The second kappa shape index (κ2) is 11.4. The molecule has 0 saturated carbocycles. The fraction of sp³-hybridized carbons (Fsp3) is 0.409. The standard InChI is InChI=1S/C22H27FN4O3.HI/c1-24-22(26-17-4-6-20-21(14-17)30-10-2-9-29-20)25-15-16-3-5-19(18(23)13-16)27-7-11-28-12-8-27;/h3-6,13-14H,2,7-12,15H2,1H3,(H2,24,25,26);1H. The van der Waals surface area contributed by atoms with Crippen molar-refractivity contribution in [2.45, 2.75) is 13.0 Å². The molecule has 2 aliphatic rings. The third kappa shape index (κ3) is 6.13. The van der Waals surface area contributed by atoms with Gasteiger partial charge in [-0.25, -0.2) is 4.39 Å². The van der Waals surface area contributed by atoms with Gasteiger partial charge in [-0.15, -0.1) is 24.0 Å². The Morgan fingerprint density at radius 2 is 1.81 bits per heavy atom. The maximum Gasteiger partial charge on any atom is 0.195 e. The van der Waals surface area contributed by atoms with Crippen molar-refractivity contribution in [1.29, 1.82) is 0 Å². The van der Waals surface area contributed by atoms with E-state index in [4.69, 9.17) is 14.2 Å². The number of fused-ring (bicyclic) bond motifs is 1. The number of benzene rings is 2. The molecule has 168 valence electrons. The number of hydrogen-bond acceptors (Lipinski definition) is 5. The highest BCUT2D eigenvalue weighted by atomic mass is 127. The van der Waals surface area contributed by atoms with Gasteiger partial charge in [-0.1, -0.05) is 6.07 Å². The van der Waals surface area contributed by atoms with Gasteiger partial charge in [-0.05, 0) is 29.8 Å². The van der Waals surface area contributed by atoms with Crippen molar-refractivity contribution in [3.05, 3.63) is 47.8 Å². The fourth-order valence-electron chi connectivity index (χ4n) is 3.46. The minimum absolute atomic E-state index is 0. The van der Waals surface area contributed by atoms with E-state index >= 15 is 0 Å². The van der Waals surface area contributed by atoms with Gasteiger partial charge in [0.15, 0.2) is 17.5 Å². The molecular weight excluding hydrogens is 514 g/mol. The molecule has 0 radical (unpaired) electrons. The van der Waals surface area contributed by atoms with Crippen LogP contribution in [0.25, 0.3) is 0 Å². The van der Waals surface area contributed by atoms with E-state index in [0.29, 0.717) is 63.5 Å². The molecule has 0 bridgehead atoms. The summed E-state index contributed by atoms with van der Waals surface area (Å²) in [7, 11) is 1.69. The Bertz CT molecular complexity index is 906. The summed E-state index contributed by atoms with van der Waals surface area (Å²) in [5.74, 6) is 1.83. The minimum atomic E-state index is -0.220. The number of ether oxygens (including phenoxy) is 3. The summed E-state index contributed by atoms with van der Waals surface area (Å²) in [6, 6.07) is 11.0. The molecule has 2 aliphatic heterocycles. The van der Waals surface area contributed by atoms with Gasteiger partial charge < -0.3 is 29.7 Å². The molecule has 1 saturated heterocycles. The lowest BCUT2D eigenvalue weighted by Gasteiger charge is -2.29. The number of halogens is 2. The lowest BCUT2D eigenvalue weighted by molar-refractivity contribution is 0.122. The lowest BCUT2D eigenvalue weighted by atomic mass is 10.1. The van der Waals surface area contributed by atoms with E-state index < -0.39 is 0 Å². The quantitative estimate of drug-likeness (QED) is 0.350. The summed E-state index contributed by atoms with van der Waals surface area (Å²) in [6.07, 6.45) is 0.863. The minimum Gasteiger partial charge on any atom is -0.490 e.